The van der Waals surface area contributed by atoms with Crippen LogP contribution in [0.3, 0.4) is 0 Å². The number of benzene rings is 2. The molecular formula is C52H62BrClN14O9S2. The van der Waals surface area contributed by atoms with Crippen molar-refractivity contribution in [1.29, 1.82) is 10.5 Å². The lowest BCUT2D eigenvalue weighted by atomic mass is 9.97. The number of β-amino-alcohol motifs (C(OH)–C–C–N with tert-alkyl or cyclic N) is 2. The maximum Gasteiger partial charge on any atom is 0.326 e. The summed E-state index contributed by atoms with van der Waals surface area (Å²) < 4.78 is 55.1. The number of aryl methyl sites for hydroxylation is 2. The zero-order chi connectivity index (χ0) is 56.9. The summed E-state index contributed by atoms with van der Waals surface area (Å²) in [6, 6.07) is 18.9. The molecule has 4 fully saturated rings. The number of aliphatic hydroxyl groups excluding tert-OH is 2. The van der Waals surface area contributed by atoms with Crippen LogP contribution in [0.25, 0.3) is 11.3 Å². The highest BCUT2D eigenvalue weighted by atomic mass is 79.9. The number of hydrogen-bond acceptors (Lipinski definition) is 17. The van der Waals surface area contributed by atoms with Crippen LogP contribution in [0.15, 0.2) is 77.5 Å². The molecule has 10 rings (SSSR count). The van der Waals surface area contributed by atoms with E-state index in [0.717, 1.165) is 66.6 Å². The summed E-state index contributed by atoms with van der Waals surface area (Å²) in [7, 11) is -7.32. The summed E-state index contributed by atoms with van der Waals surface area (Å²) in [5, 5.41) is 60.8. The molecule has 6 aromatic rings. The standard InChI is InChI=1S/C26H30ClN7O4S.C17H22N6O.C9H10BrNO4S/c1-16-13-34-23(29-25(16)32-14-17(12-28)22(35)15-32)11-20(30-34)21-9-5-6-10-33(21)26(36)24(31-39(2,37)38)18-7-3-4-8-19(18)27;1-11-8-23-16(6-14(21-23)13-4-2-3-5-19-13)20-17(11)22-9-12(7-18)15(24)10-22;1-16(14,15)11-8(9(12)13)6-4-2-3-5-7(6)10/h3-4,7-8,11,13,17,21-22,24,31,35H,5-6,9-10,14-15H2,1-2H3;6,8,12-13,15,19,24H,2-5,9-10H2,1H3;2-5,8,11H,1H3,(H,12,13)/t17-,21+,22+,24?;12-,13+,15+;/m11./s1. The number of aromatic nitrogens is 6. The van der Waals surface area contributed by atoms with E-state index in [2.05, 4.69) is 47.9 Å². The average Bonchev–Trinajstić information content (AvgIpc) is 4.22. The number of hydrogen-bond donors (Lipinski definition) is 6. The third-order valence-corrected chi connectivity index (χ3v) is 16.5. The van der Waals surface area contributed by atoms with Crippen LogP contribution in [0.5, 0.6) is 0 Å². The van der Waals surface area contributed by atoms with E-state index in [1.165, 1.54) is 12.8 Å². The van der Waals surface area contributed by atoms with Gasteiger partial charge in [-0.05, 0) is 75.8 Å². The predicted molar refractivity (Wildman–Crippen MR) is 298 cm³/mol. The van der Waals surface area contributed by atoms with E-state index in [1.807, 2.05) is 52.7 Å². The third kappa shape index (κ3) is 14.2. The van der Waals surface area contributed by atoms with Gasteiger partial charge in [-0.2, -0.15) is 30.2 Å². The molecule has 4 aliphatic heterocycles. The number of nitrogens with zero attached hydrogens (tertiary/aromatic N) is 11. The van der Waals surface area contributed by atoms with Crippen LogP contribution in [0.1, 0.15) is 96.3 Å². The molecule has 1 amide bonds. The number of amides is 1. The lowest BCUT2D eigenvalue weighted by Crippen LogP contribution is -2.46. The summed E-state index contributed by atoms with van der Waals surface area (Å²) in [6.07, 6.45) is 10.3. The summed E-state index contributed by atoms with van der Waals surface area (Å²) in [4.78, 5) is 40.0. The second kappa shape index (κ2) is 25.0. The number of aliphatic carboxylic acids is 1. The number of carboxylic acid groups (broad SMARTS) is 1. The van der Waals surface area contributed by atoms with Crippen molar-refractivity contribution in [2.75, 3.05) is 61.6 Å². The Morgan fingerprint density at radius 3 is 1.77 bits per heavy atom. The van der Waals surface area contributed by atoms with Crippen molar-refractivity contribution in [2.45, 2.75) is 88.7 Å². The summed E-state index contributed by atoms with van der Waals surface area (Å²) in [5.41, 5.74) is 5.68. The minimum atomic E-state index is -3.73. The van der Waals surface area contributed by atoms with Gasteiger partial charge in [0.1, 0.15) is 23.7 Å². The Morgan fingerprint density at radius 1 is 0.747 bits per heavy atom. The highest BCUT2D eigenvalue weighted by molar-refractivity contribution is 9.10. The predicted octanol–water partition coefficient (Wildman–Crippen LogP) is 4.65. The van der Waals surface area contributed by atoms with Crippen LogP contribution in [0, 0.1) is 48.3 Å². The van der Waals surface area contributed by atoms with E-state index >= 15 is 0 Å². The number of aliphatic hydroxyl groups is 2. The SMILES string of the molecule is CS(=O)(=O)NC(C(=O)O)c1ccccc1Br.Cc1cn2nc([C@@H]3CCCCN3)cc2nc1N1C[C@@H](C#N)[C@@H](O)C1.Cc1cn2nc([C@@H]3CCCCN3C(=O)C(NS(C)(=O)=O)c3ccccc3Cl)cc2nc1N1C[C@@H](C#N)[C@@H](O)C1. The Bertz CT molecular complexity index is 3530. The molecule has 0 bridgehead atoms. The van der Waals surface area contributed by atoms with Crippen LogP contribution < -0.4 is 24.6 Å². The fourth-order valence-corrected chi connectivity index (χ4v) is 12.4. The van der Waals surface area contributed by atoms with E-state index in [9.17, 15) is 41.9 Å². The number of halogens is 2. The molecular weight excluding hydrogens is 1140 g/mol. The number of sulfonamides is 2. The van der Waals surface area contributed by atoms with Crippen LogP contribution in [-0.4, -0.2) is 142 Å². The van der Waals surface area contributed by atoms with Gasteiger partial charge < -0.3 is 35.3 Å². The number of carbonyl (C=O) groups is 2. The molecule has 27 heteroatoms. The topological polar surface area (TPSA) is 317 Å². The van der Waals surface area contributed by atoms with Crippen molar-refractivity contribution in [3.63, 3.8) is 0 Å². The number of nitrogens with one attached hydrogen (secondary N) is 3. The van der Waals surface area contributed by atoms with Gasteiger partial charge in [0.2, 0.25) is 26.0 Å². The summed E-state index contributed by atoms with van der Waals surface area (Å²) in [5.74, 6) is -0.961. The van der Waals surface area contributed by atoms with Crippen LogP contribution >= 0.6 is 27.5 Å². The Hall–Kier alpha value is -6.33. The first kappa shape index (κ1) is 58.8. The van der Waals surface area contributed by atoms with E-state index in [4.69, 9.17) is 37.0 Å². The van der Waals surface area contributed by atoms with Gasteiger partial charge in [0, 0.05) is 77.9 Å². The highest BCUT2D eigenvalue weighted by Crippen LogP contribution is 2.36. The molecule has 2 unspecified atom stereocenters. The smallest absolute Gasteiger partial charge is 0.326 e. The number of anilines is 2. The maximum absolute atomic E-state index is 13.9. The van der Waals surface area contributed by atoms with Crippen LogP contribution in [0.4, 0.5) is 11.6 Å². The molecule has 4 aliphatic rings. The van der Waals surface area contributed by atoms with Crippen molar-refractivity contribution in [3.05, 3.63) is 116 Å². The quantitative estimate of drug-likeness (QED) is 0.0971. The van der Waals surface area contributed by atoms with Gasteiger partial charge in [-0.25, -0.2) is 35.8 Å². The first-order chi connectivity index (χ1) is 37.5. The average molecular weight is 1210 g/mol. The monoisotopic (exact) mass is 1200 g/mol. The minimum absolute atomic E-state index is 0.297. The van der Waals surface area contributed by atoms with Crippen LogP contribution in [0.2, 0.25) is 5.02 Å². The lowest BCUT2D eigenvalue weighted by molar-refractivity contribution is -0.139. The molecule has 0 saturated carbocycles. The van der Waals surface area contributed by atoms with Gasteiger partial charge in [0.15, 0.2) is 11.3 Å². The fourth-order valence-electron chi connectivity index (χ4n) is 10.3. The zero-order valence-electron chi connectivity index (χ0n) is 43.8. The molecule has 4 aromatic heterocycles. The molecule has 79 heavy (non-hydrogen) atoms. The van der Waals surface area contributed by atoms with E-state index < -0.39 is 62.1 Å². The second-order valence-corrected chi connectivity index (χ2v) is 25.0. The van der Waals surface area contributed by atoms with Crippen molar-refractivity contribution in [1.82, 2.24) is 48.9 Å². The summed E-state index contributed by atoms with van der Waals surface area (Å²) >= 11 is 9.56. The molecule has 8 heterocycles. The maximum atomic E-state index is 13.9. The fraction of sp³-hybridized carbons (Fsp3) is 0.462. The Labute approximate surface area is 471 Å². The van der Waals surface area contributed by atoms with Crippen molar-refractivity contribution >= 4 is 82.4 Å². The number of likely N-dealkylation sites (tertiary alicyclic amines) is 1. The third-order valence-electron chi connectivity index (χ3n) is 14.1. The zero-order valence-corrected chi connectivity index (χ0v) is 47.8. The molecule has 0 aliphatic carbocycles. The first-order valence-electron chi connectivity index (χ1n) is 25.6. The number of rotatable bonds is 12. The van der Waals surface area contributed by atoms with Crippen molar-refractivity contribution in [3.8, 4) is 12.1 Å². The minimum Gasteiger partial charge on any atom is -0.480 e. The Kier molecular flexibility index (Phi) is 18.6. The van der Waals surface area contributed by atoms with Gasteiger partial charge in [-0.15, -0.1) is 0 Å². The van der Waals surface area contributed by atoms with Crippen molar-refractivity contribution < 1.29 is 41.7 Å². The van der Waals surface area contributed by atoms with Crippen molar-refractivity contribution in [2.24, 2.45) is 11.8 Å². The number of nitriles is 2. The van der Waals surface area contributed by atoms with E-state index in [1.54, 1.807) is 57.9 Å². The second-order valence-electron chi connectivity index (χ2n) is 20.2. The van der Waals surface area contributed by atoms with Gasteiger partial charge in [0.25, 0.3) is 0 Å². The van der Waals surface area contributed by atoms with Gasteiger partial charge >= 0.3 is 5.97 Å². The molecule has 420 valence electrons. The normalized spacial score (nSPS) is 22.3. The molecule has 0 radical (unpaired) electrons. The Balaban J connectivity index is 0.000000174. The van der Waals surface area contributed by atoms with Crippen LogP contribution in [-0.2, 0) is 29.6 Å². The number of piperidine rings is 2. The van der Waals surface area contributed by atoms with Gasteiger partial charge in [-0.3, -0.25) is 9.59 Å². The Morgan fingerprint density at radius 2 is 1.27 bits per heavy atom. The molecule has 23 nitrogen and oxygen atoms in total. The number of carboxylic acids is 1. The first-order valence-corrected chi connectivity index (χ1v) is 30.6. The summed E-state index contributed by atoms with van der Waals surface area (Å²) in [6.45, 7) is 7.07. The molecule has 8 atom stereocenters. The van der Waals surface area contributed by atoms with Gasteiger partial charge in [0.05, 0.1) is 72.2 Å². The number of fused-ring (bicyclic) bond motifs is 2. The largest absolute Gasteiger partial charge is 0.480 e. The molecule has 0 spiro atoms. The molecule has 4 saturated heterocycles. The molecule has 2 aromatic carbocycles. The van der Waals surface area contributed by atoms with E-state index in [-0.39, 0.29) is 12.0 Å². The van der Waals surface area contributed by atoms with Gasteiger partial charge in [-0.1, -0.05) is 70.3 Å². The van der Waals surface area contributed by atoms with E-state index in [0.29, 0.717) is 83.0 Å². The highest BCUT2D eigenvalue weighted by Gasteiger charge is 2.38. The lowest BCUT2D eigenvalue weighted by Gasteiger charge is -2.37. The number of carbonyl (C=O) groups excluding carboxylic acids is 1. The molecule has 6 N–H and O–H groups in total.